The molecule has 4 rings (SSSR count). The second-order valence-electron chi connectivity index (χ2n) is 9.54. The molecule has 0 saturated heterocycles. The van der Waals surface area contributed by atoms with E-state index in [2.05, 4.69) is 24.7 Å². The Labute approximate surface area is 232 Å². The molecule has 0 spiro atoms. The first-order chi connectivity index (χ1) is 19.1. The molecule has 0 saturated carbocycles. The molecule has 0 aliphatic heterocycles. The Morgan fingerprint density at radius 3 is 2.20 bits per heavy atom. The van der Waals surface area contributed by atoms with Crippen LogP contribution in [-0.2, 0) is 20.2 Å². The van der Waals surface area contributed by atoms with Gasteiger partial charge in [0.1, 0.15) is 6.29 Å². The summed E-state index contributed by atoms with van der Waals surface area (Å²) >= 11 is 0. The quantitative estimate of drug-likeness (QED) is 0.200. The molecule has 11 nitrogen and oxygen atoms in total. The Kier molecular flexibility index (Phi) is 8.58. The molecule has 0 aliphatic rings. The highest BCUT2D eigenvalue weighted by atomic mass is 32.2. The average molecular weight is 564 g/mol. The fourth-order valence-corrected chi connectivity index (χ4v) is 4.55. The number of anilines is 1. The number of hydrogen-bond donors (Lipinski definition) is 1. The van der Waals surface area contributed by atoms with Crippen LogP contribution in [0, 0.1) is 0 Å². The third-order valence-electron chi connectivity index (χ3n) is 5.62. The van der Waals surface area contributed by atoms with Crippen LogP contribution >= 0.6 is 0 Å². The van der Waals surface area contributed by atoms with Gasteiger partial charge in [-0.2, -0.15) is 4.98 Å². The molecular formula is C28H29N5O6S. The molecule has 0 atom stereocenters. The molecule has 4 aromatic rings. The summed E-state index contributed by atoms with van der Waals surface area (Å²) in [5, 5.41) is 0. The number of benzene rings is 2. The zero-order chi connectivity index (χ0) is 28.8. The highest BCUT2D eigenvalue weighted by Crippen LogP contribution is 2.41. The minimum absolute atomic E-state index is 0.0169. The molecule has 208 valence electrons. The van der Waals surface area contributed by atoms with Crippen LogP contribution in [0.25, 0.3) is 11.6 Å². The lowest BCUT2D eigenvalue weighted by Crippen LogP contribution is -2.17. The third-order valence-corrected chi connectivity index (χ3v) is 6.97. The van der Waals surface area contributed by atoms with Gasteiger partial charge in [-0.3, -0.25) is 4.72 Å². The number of nitrogens with one attached hydrogen (secondary N) is 1. The van der Waals surface area contributed by atoms with Crippen molar-refractivity contribution in [3.63, 3.8) is 0 Å². The predicted octanol–water partition coefficient (Wildman–Crippen LogP) is 4.80. The van der Waals surface area contributed by atoms with Crippen molar-refractivity contribution in [1.29, 1.82) is 0 Å². The molecule has 0 aliphatic carbocycles. The molecule has 2 heterocycles. The molecule has 2 aromatic carbocycles. The molecule has 1 N–H and O–H groups in total. The summed E-state index contributed by atoms with van der Waals surface area (Å²) in [6, 6.07) is 15.0. The predicted molar refractivity (Wildman–Crippen MR) is 148 cm³/mol. The van der Waals surface area contributed by atoms with E-state index in [-0.39, 0.29) is 58.2 Å². The SMILES string of the molecule is COc1ccccc1Oc1c(NS(=O)(=O)c2ccc(C(C)(C)C)cc2)nc(-c2ncccn2)nc1OCCC=O. The first-order valence-corrected chi connectivity index (χ1v) is 13.8. The zero-order valence-corrected chi connectivity index (χ0v) is 23.3. The minimum atomic E-state index is -4.15. The number of rotatable bonds is 11. The maximum atomic E-state index is 13.5. The van der Waals surface area contributed by atoms with Gasteiger partial charge >= 0.3 is 0 Å². The van der Waals surface area contributed by atoms with E-state index in [9.17, 15) is 13.2 Å². The van der Waals surface area contributed by atoms with Crippen LogP contribution < -0.4 is 18.9 Å². The van der Waals surface area contributed by atoms with Gasteiger partial charge in [0.15, 0.2) is 23.1 Å². The van der Waals surface area contributed by atoms with E-state index in [4.69, 9.17) is 14.2 Å². The van der Waals surface area contributed by atoms with Crippen molar-refractivity contribution in [3.8, 4) is 34.8 Å². The van der Waals surface area contributed by atoms with Crippen molar-refractivity contribution >= 4 is 22.1 Å². The van der Waals surface area contributed by atoms with Gasteiger partial charge in [0.2, 0.25) is 11.6 Å². The van der Waals surface area contributed by atoms with Gasteiger partial charge in [-0.1, -0.05) is 45.0 Å². The number of sulfonamides is 1. The Hall–Kier alpha value is -4.58. The third kappa shape index (κ3) is 6.70. The van der Waals surface area contributed by atoms with Crippen LogP contribution in [0.5, 0.6) is 23.1 Å². The van der Waals surface area contributed by atoms with Gasteiger partial charge < -0.3 is 19.0 Å². The van der Waals surface area contributed by atoms with Crippen LogP contribution in [-0.4, -0.2) is 48.4 Å². The Morgan fingerprint density at radius 1 is 0.900 bits per heavy atom. The second kappa shape index (κ2) is 12.1. The molecule has 2 aromatic heterocycles. The number of para-hydroxylation sites is 2. The van der Waals surface area contributed by atoms with Crippen molar-refractivity contribution in [2.75, 3.05) is 18.4 Å². The summed E-state index contributed by atoms with van der Waals surface area (Å²) in [6.07, 6.45) is 3.75. The van der Waals surface area contributed by atoms with Crippen molar-refractivity contribution in [1.82, 2.24) is 19.9 Å². The van der Waals surface area contributed by atoms with Crippen molar-refractivity contribution in [3.05, 3.63) is 72.6 Å². The van der Waals surface area contributed by atoms with Gasteiger partial charge in [-0.05, 0) is 41.3 Å². The number of carbonyl (C=O) groups excluding carboxylic acids is 1. The van der Waals surface area contributed by atoms with E-state index in [1.54, 1.807) is 42.5 Å². The molecule has 0 bridgehead atoms. The summed E-state index contributed by atoms with van der Waals surface area (Å²) in [4.78, 5) is 28.1. The van der Waals surface area contributed by atoms with E-state index in [1.807, 2.05) is 20.8 Å². The van der Waals surface area contributed by atoms with Gasteiger partial charge in [-0.25, -0.2) is 23.4 Å². The summed E-state index contributed by atoms with van der Waals surface area (Å²) in [7, 11) is -2.68. The summed E-state index contributed by atoms with van der Waals surface area (Å²) in [5.41, 5.74) is 0.819. The first-order valence-electron chi connectivity index (χ1n) is 12.3. The molecule has 0 unspecified atom stereocenters. The van der Waals surface area contributed by atoms with E-state index in [0.29, 0.717) is 12.0 Å². The van der Waals surface area contributed by atoms with Crippen molar-refractivity contribution < 1.29 is 27.4 Å². The number of aldehydes is 1. The van der Waals surface area contributed by atoms with Crippen LogP contribution in [0.15, 0.2) is 71.9 Å². The molecular weight excluding hydrogens is 534 g/mol. The number of ether oxygens (including phenoxy) is 3. The summed E-state index contributed by atoms with van der Waals surface area (Å²) in [5.74, 6) is 0.271. The van der Waals surface area contributed by atoms with E-state index < -0.39 is 10.0 Å². The standard InChI is InChI=1S/C28H29N5O6S/c1-28(2,3)19-11-13-20(14-12-19)40(35,36)33-24-23(39-22-10-6-5-9-21(22)37-4)27(38-18-8-17-34)32-26(31-24)25-29-15-7-16-30-25/h5-7,9-17H,8,18H2,1-4H3,(H,31,32,33). The van der Waals surface area contributed by atoms with Gasteiger partial charge in [0.05, 0.1) is 18.6 Å². The molecule has 12 heteroatoms. The highest BCUT2D eigenvalue weighted by Gasteiger charge is 2.26. The Bertz CT molecular complexity index is 1570. The molecule has 0 amide bonds. The Morgan fingerprint density at radius 2 is 1.57 bits per heavy atom. The number of hydrogen-bond acceptors (Lipinski definition) is 10. The second-order valence-corrected chi connectivity index (χ2v) is 11.2. The van der Waals surface area contributed by atoms with E-state index >= 15 is 0 Å². The van der Waals surface area contributed by atoms with Gasteiger partial charge in [-0.15, -0.1) is 0 Å². The monoisotopic (exact) mass is 563 g/mol. The maximum absolute atomic E-state index is 13.5. The maximum Gasteiger partial charge on any atom is 0.263 e. The van der Waals surface area contributed by atoms with Crippen LogP contribution in [0.3, 0.4) is 0 Å². The van der Waals surface area contributed by atoms with Gasteiger partial charge in [0, 0.05) is 18.8 Å². The zero-order valence-electron chi connectivity index (χ0n) is 22.5. The fourth-order valence-electron chi connectivity index (χ4n) is 3.54. The fraction of sp³-hybridized carbons (Fsp3) is 0.250. The van der Waals surface area contributed by atoms with Crippen LogP contribution in [0.2, 0.25) is 0 Å². The molecule has 40 heavy (non-hydrogen) atoms. The van der Waals surface area contributed by atoms with Crippen molar-refractivity contribution in [2.45, 2.75) is 37.5 Å². The number of methoxy groups -OCH3 is 1. The normalized spacial score (nSPS) is 11.5. The van der Waals surface area contributed by atoms with E-state index in [1.165, 1.54) is 31.6 Å². The van der Waals surface area contributed by atoms with Crippen molar-refractivity contribution in [2.24, 2.45) is 0 Å². The first kappa shape index (κ1) is 28.4. The Balaban J connectivity index is 1.85. The lowest BCUT2D eigenvalue weighted by molar-refractivity contribution is -0.108. The largest absolute Gasteiger partial charge is 0.493 e. The molecule has 0 fully saturated rings. The topological polar surface area (TPSA) is 142 Å². The number of carbonyl (C=O) groups is 1. The molecule has 0 radical (unpaired) electrons. The lowest BCUT2D eigenvalue weighted by atomic mass is 9.87. The number of aromatic nitrogens is 4. The summed E-state index contributed by atoms with van der Waals surface area (Å²) < 4.78 is 46.8. The lowest BCUT2D eigenvalue weighted by Gasteiger charge is -2.20. The van der Waals surface area contributed by atoms with Gasteiger partial charge in [0.25, 0.3) is 15.9 Å². The summed E-state index contributed by atoms with van der Waals surface area (Å²) in [6.45, 7) is 6.07. The average Bonchev–Trinajstić information content (AvgIpc) is 2.94. The highest BCUT2D eigenvalue weighted by molar-refractivity contribution is 7.92. The minimum Gasteiger partial charge on any atom is -0.493 e. The smallest absolute Gasteiger partial charge is 0.263 e. The van der Waals surface area contributed by atoms with E-state index in [0.717, 1.165) is 5.56 Å². The van der Waals surface area contributed by atoms with Crippen LogP contribution in [0.4, 0.5) is 5.82 Å². The van der Waals surface area contributed by atoms with Crippen LogP contribution in [0.1, 0.15) is 32.8 Å². The number of nitrogens with zero attached hydrogens (tertiary/aromatic N) is 4.